The van der Waals surface area contributed by atoms with E-state index in [1.54, 1.807) is 0 Å². The summed E-state index contributed by atoms with van der Waals surface area (Å²) >= 11 is 0. The molecule has 0 aliphatic rings. The molecule has 1 N–H and O–H groups in total. The quantitative estimate of drug-likeness (QED) is 0.665. The molecule has 0 saturated carbocycles. The number of fused-ring (bicyclic) bond motifs is 1. The van der Waals surface area contributed by atoms with Crippen LogP contribution in [0.3, 0.4) is 0 Å². The molecule has 0 amide bonds. The van der Waals surface area contributed by atoms with Crippen LogP contribution < -0.4 is 0 Å². The average molecular weight is 222 g/mol. The molecule has 0 bridgehead atoms. The van der Waals surface area contributed by atoms with Crippen molar-refractivity contribution in [2.75, 3.05) is 0 Å². The van der Waals surface area contributed by atoms with E-state index in [2.05, 4.69) is 54.4 Å². The smallest absolute Gasteiger partial charge is 0.0999 e. The second-order valence-corrected chi connectivity index (χ2v) is 4.49. The van der Waals surface area contributed by atoms with E-state index in [4.69, 9.17) is 0 Å². The van der Waals surface area contributed by atoms with Crippen LogP contribution in [0.1, 0.15) is 11.1 Å². The Bertz CT molecular complexity index is 660. The van der Waals surface area contributed by atoms with Crippen molar-refractivity contribution in [2.45, 2.75) is 13.8 Å². The van der Waals surface area contributed by atoms with Gasteiger partial charge in [0.1, 0.15) is 0 Å². The van der Waals surface area contributed by atoms with E-state index in [1.807, 2.05) is 12.1 Å². The van der Waals surface area contributed by atoms with E-state index in [0.717, 1.165) is 11.2 Å². The molecule has 0 aliphatic heterocycles. The van der Waals surface area contributed by atoms with Crippen molar-refractivity contribution in [3.05, 3.63) is 53.6 Å². The Balaban J connectivity index is 2.27. The number of aryl methyl sites for hydroxylation is 2. The molecule has 0 radical (unpaired) electrons. The highest BCUT2D eigenvalue weighted by Crippen LogP contribution is 2.27. The number of nitrogens with one attached hydrogen (secondary N) is 1. The Morgan fingerprint density at radius 2 is 1.65 bits per heavy atom. The third kappa shape index (κ3) is 1.72. The number of aromatic nitrogens is 2. The van der Waals surface area contributed by atoms with Gasteiger partial charge in [-0.3, -0.25) is 5.10 Å². The average Bonchev–Trinajstić information content (AvgIpc) is 2.71. The van der Waals surface area contributed by atoms with Crippen molar-refractivity contribution in [1.29, 1.82) is 0 Å². The zero-order valence-corrected chi connectivity index (χ0v) is 9.99. The van der Waals surface area contributed by atoms with E-state index in [9.17, 15) is 0 Å². The minimum Gasteiger partial charge on any atom is -0.277 e. The Hall–Kier alpha value is -2.09. The van der Waals surface area contributed by atoms with E-state index in [-0.39, 0.29) is 0 Å². The lowest BCUT2D eigenvalue weighted by Crippen LogP contribution is -1.83. The highest BCUT2D eigenvalue weighted by molar-refractivity contribution is 5.92. The molecule has 17 heavy (non-hydrogen) atoms. The summed E-state index contributed by atoms with van der Waals surface area (Å²) in [5.74, 6) is 0. The van der Waals surface area contributed by atoms with E-state index < -0.39 is 0 Å². The summed E-state index contributed by atoms with van der Waals surface area (Å²) in [6, 6.07) is 14.7. The van der Waals surface area contributed by atoms with Gasteiger partial charge in [0, 0.05) is 10.9 Å². The Morgan fingerprint density at radius 3 is 2.41 bits per heavy atom. The van der Waals surface area contributed by atoms with Gasteiger partial charge in [-0.1, -0.05) is 35.4 Å². The number of aromatic amines is 1. The summed E-state index contributed by atoms with van der Waals surface area (Å²) in [7, 11) is 0. The van der Waals surface area contributed by atoms with Crippen LogP contribution in [0, 0.1) is 13.8 Å². The molecule has 2 aromatic carbocycles. The van der Waals surface area contributed by atoms with E-state index in [1.165, 1.54) is 22.1 Å². The molecule has 0 saturated heterocycles. The van der Waals surface area contributed by atoms with Gasteiger partial charge in [0.2, 0.25) is 0 Å². The normalized spacial score (nSPS) is 10.9. The molecule has 0 spiro atoms. The van der Waals surface area contributed by atoms with E-state index >= 15 is 0 Å². The Kier molecular flexibility index (Phi) is 2.22. The number of H-pyrrole nitrogens is 1. The van der Waals surface area contributed by atoms with Crippen molar-refractivity contribution in [1.82, 2.24) is 10.2 Å². The zero-order chi connectivity index (χ0) is 11.8. The first-order chi connectivity index (χ1) is 8.24. The first kappa shape index (κ1) is 10.1. The summed E-state index contributed by atoms with van der Waals surface area (Å²) in [5.41, 5.74) is 5.84. The highest BCUT2D eigenvalue weighted by atomic mass is 15.1. The molecule has 3 aromatic rings. The number of benzene rings is 2. The molecule has 2 heteroatoms. The predicted octanol–water partition coefficient (Wildman–Crippen LogP) is 3.85. The maximum Gasteiger partial charge on any atom is 0.0999 e. The standard InChI is InChI=1S/C15H14N2/c1-10-7-11(2)9-12(8-10)15-13-5-3-4-6-14(13)16-17-15/h3-9H,1-2H3,(H,16,17). The van der Waals surface area contributed by atoms with Crippen LogP contribution in [0.15, 0.2) is 42.5 Å². The third-order valence-electron chi connectivity index (χ3n) is 2.97. The van der Waals surface area contributed by atoms with Gasteiger partial charge in [-0.15, -0.1) is 0 Å². The minimum atomic E-state index is 1.03. The molecule has 0 unspecified atom stereocenters. The zero-order valence-electron chi connectivity index (χ0n) is 9.99. The molecule has 1 heterocycles. The molecule has 84 valence electrons. The van der Waals surface area contributed by atoms with Gasteiger partial charge in [0.25, 0.3) is 0 Å². The lowest BCUT2D eigenvalue weighted by Gasteiger charge is -2.02. The number of nitrogens with zero attached hydrogens (tertiary/aromatic N) is 1. The second kappa shape index (κ2) is 3.74. The maximum atomic E-state index is 4.42. The van der Waals surface area contributed by atoms with Crippen LogP contribution in [0.2, 0.25) is 0 Å². The molecule has 1 aromatic heterocycles. The number of para-hydroxylation sites is 1. The van der Waals surface area contributed by atoms with Crippen LogP contribution in [-0.2, 0) is 0 Å². The molecule has 0 atom stereocenters. The monoisotopic (exact) mass is 222 g/mol. The van der Waals surface area contributed by atoms with Crippen molar-refractivity contribution in [3.63, 3.8) is 0 Å². The van der Waals surface area contributed by atoms with Crippen molar-refractivity contribution in [3.8, 4) is 11.3 Å². The van der Waals surface area contributed by atoms with Crippen LogP contribution in [-0.4, -0.2) is 10.2 Å². The fourth-order valence-corrected chi connectivity index (χ4v) is 2.29. The molecular weight excluding hydrogens is 208 g/mol. The lowest BCUT2D eigenvalue weighted by molar-refractivity contribution is 1.12. The number of hydrogen-bond acceptors (Lipinski definition) is 1. The molecule has 0 fully saturated rings. The van der Waals surface area contributed by atoms with Crippen molar-refractivity contribution in [2.24, 2.45) is 0 Å². The predicted molar refractivity (Wildman–Crippen MR) is 71.0 cm³/mol. The van der Waals surface area contributed by atoms with Crippen molar-refractivity contribution >= 4 is 10.9 Å². The molecule has 0 aliphatic carbocycles. The van der Waals surface area contributed by atoms with Crippen molar-refractivity contribution < 1.29 is 0 Å². The van der Waals surface area contributed by atoms with Crippen LogP contribution in [0.4, 0.5) is 0 Å². The SMILES string of the molecule is Cc1cc(C)cc(-c2n[nH]c3ccccc23)c1. The number of rotatable bonds is 1. The van der Waals surface area contributed by atoms with Crippen LogP contribution >= 0.6 is 0 Å². The fourth-order valence-electron chi connectivity index (χ4n) is 2.29. The van der Waals surface area contributed by atoms with Gasteiger partial charge in [0.05, 0.1) is 11.2 Å². The first-order valence-electron chi connectivity index (χ1n) is 5.76. The van der Waals surface area contributed by atoms with Gasteiger partial charge >= 0.3 is 0 Å². The van der Waals surface area contributed by atoms with Gasteiger partial charge in [-0.2, -0.15) is 5.10 Å². The second-order valence-electron chi connectivity index (χ2n) is 4.49. The largest absolute Gasteiger partial charge is 0.277 e. The maximum absolute atomic E-state index is 4.42. The summed E-state index contributed by atoms with van der Waals surface area (Å²) in [5, 5.41) is 8.68. The Morgan fingerprint density at radius 1 is 0.941 bits per heavy atom. The minimum absolute atomic E-state index is 1.03. The Labute approximate surface area is 100 Å². The first-order valence-corrected chi connectivity index (χ1v) is 5.76. The molecule has 2 nitrogen and oxygen atoms in total. The fraction of sp³-hybridized carbons (Fsp3) is 0.133. The van der Waals surface area contributed by atoms with Crippen LogP contribution in [0.5, 0.6) is 0 Å². The summed E-state index contributed by atoms with van der Waals surface area (Å²) in [6.45, 7) is 4.23. The topological polar surface area (TPSA) is 28.7 Å². The summed E-state index contributed by atoms with van der Waals surface area (Å²) in [4.78, 5) is 0. The molecular formula is C15H14N2. The van der Waals surface area contributed by atoms with Gasteiger partial charge < -0.3 is 0 Å². The summed E-state index contributed by atoms with van der Waals surface area (Å²) < 4.78 is 0. The number of hydrogen-bond donors (Lipinski definition) is 1. The summed E-state index contributed by atoms with van der Waals surface area (Å²) in [6.07, 6.45) is 0. The third-order valence-corrected chi connectivity index (χ3v) is 2.97. The van der Waals surface area contributed by atoms with Gasteiger partial charge in [-0.05, 0) is 32.0 Å². The molecule has 3 rings (SSSR count). The van der Waals surface area contributed by atoms with Gasteiger partial charge in [-0.25, -0.2) is 0 Å². The van der Waals surface area contributed by atoms with Gasteiger partial charge in [0.15, 0.2) is 0 Å². The highest BCUT2D eigenvalue weighted by Gasteiger charge is 2.07. The van der Waals surface area contributed by atoms with E-state index in [0.29, 0.717) is 0 Å². The van der Waals surface area contributed by atoms with Crippen LogP contribution in [0.25, 0.3) is 22.2 Å². The lowest BCUT2D eigenvalue weighted by atomic mass is 10.0.